The Bertz CT molecular complexity index is 525. The summed E-state index contributed by atoms with van der Waals surface area (Å²) in [6, 6.07) is 5.48. The lowest BCUT2D eigenvalue weighted by Gasteiger charge is -2.33. The number of rotatable bonds is 4. The topological polar surface area (TPSA) is 83.6 Å². The zero-order valence-corrected chi connectivity index (χ0v) is 12.6. The first-order valence-corrected chi connectivity index (χ1v) is 7.32. The highest BCUT2D eigenvalue weighted by atomic mass is 79.9. The Hall–Kier alpha value is -1.56. The maximum atomic E-state index is 11.2. The zero-order valence-electron chi connectivity index (χ0n) is 11.0. The van der Waals surface area contributed by atoms with Crippen molar-refractivity contribution in [3.63, 3.8) is 0 Å². The Morgan fingerprint density at radius 1 is 1.35 bits per heavy atom. The van der Waals surface area contributed by atoms with Gasteiger partial charge < -0.3 is 15.7 Å². The normalized spacial score (nSPS) is 16.1. The number of hydrogen-bond donors (Lipinski definition) is 2. The lowest BCUT2D eigenvalue weighted by Crippen LogP contribution is -2.34. The van der Waals surface area contributed by atoms with Gasteiger partial charge in [-0.05, 0) is 52.9 Å². The van der Waals surface area contributed by atoms with Crippen LogP contribution in [0, 0.1) is 5.92 Å². The maximum Gasteiger partial charge on any atom is 0.303 e. The van der Waals surface area contributed by atoms with Crippen LogP contribution in [0.4, 0.5) is 5.69 Å². The number of nitrogens with two attached hydrogens (primary N) is 1. The molecule has 0 aliphatic carbocycles. The number of amides is 1. The van der Waals surface area contributed by atoms with E-state index < -0.39 is 11.9 Å². The van der Waals surface area contributed by atoms with Crippen LogP contribution in [0.1, 0.15) is 29.6 Å². The minimum Gasteiger partial charge on any atom is -0.481 e. The number of halogens is 1. The van der Waals surface area contributed by atoms with Gasteiger partial charge in [0, 0.05) is 29.7 Å². The molecule has 1 amide bonds. The number of piperidine rings is 1. The summed E-state index contributed by atoms with van der Waals surface area (Å²) in [7, 11) is 0. The van der Waals surface area contributed by atoms with E-state index in [1.54, 1.807) is 6.07 Å². The quantitative estimate of drug-likeness (QED) is 0.880. The van der Waals surface area contributed by atoms with E-state index in [9.17, 15) is 9.59 Å². The maximum absolute atomic E-state index is 11.2. The Kier molecular flexibility index (Phi) is 4.65. The third-order valence-corrected chi connectivity index (χ3v) is 4.32. The molecule has 0 atom stereocenters. The SMILES string of the molecule is NC(=O)c1ccc(N2CCC(CC(=O)O)CC2)cc1Br. The number of benzene rings is 1. The molecular formula is C14H17BrN2O3. The number of carbonyl (C=O) groups is 2. The number of aliphatic carboxylic acids is 1. The van der Waals surface area contributed by atoms with E-state index in [0.29, 0.717) is 10.0 Å². The van der Waals surface area contributed by atoms with Gasteiger partial charge in [-0.1, -0.05) is 0 Å². The van der Waals surface area contributed by atoms with Gasteiger partial charge in [0.25, 0.3) is 0 Å². The van der Waals surface area contributed by atoms with Crippen molar-refractivity contribution in [3.05, 3.63) is 28.2 Å². The lowest BCUT2D eigenvalue weighted by atomic mass is 9.93. The molecule has 0 unspecified atom stereocenters. The monoisotopic (exact) mass is 340 g/mol. The molecular weight excluding hydrogens is 324 g/mol. The fourth-order valence-electron chi connectivity index (χ4n) is 2.54. The number of anilines is 1. The van der Waals surface area contributed by atoms with Crippen molar-refractivity contribution in [1.29, 1.82) is 0 Å². The summed E-state index contributed by atoms with van der Waals surface area (Å²) in [5.74, 6) is -0.919. The molecule has 2 rings (SSSR count). The zero-order chi connectivity index (χ0) is 14.7. The molecule has 1 aromatic carbocycles. The highest BCUT2D eigenvalue weighted by Crippen LogP contribution is 2.28. The lowest BCUT2D eigenvalue weighted by molar-refractivity contribution is -0.138. The molecule has 0 radical (unpaired) electrons. The van der Waals surface area contributed by atoms with E-state index in [1.807, 2.05) is 12.1 Å². The number of carbonyl (C=O) groups excluding carboxylic acids is 1. The number of nitrogens with zero attached hydrogens (tertiary/aromatic N) is 1. The molecule has 6 heteroatoms. The van der Waals surface area contributed by atoms with Crippen molar-refractivity contribution < 1.29 is 14.7 Å². The largest absolute Gasteiger partial charge is 0.481 e. The van der Waals surface area contributed by atoms with E-state index in [4.69, 9.17) is 10.8 Å². The van der Waals surface area contributed by atoms with E-state index >= 15 is 0 Å². The van der Waals surface area contributed by atoms with Crippen LogP contribution in [0.25, 0.3) is 0 Å². The van der Waals surface area contributed by atoms with Crippen LogP contribution in [-0.4, -0.2) is 30.1 Å². The summed E-state index contributed by atoms with van der Waals surface area (Å²) in [5.41, 5.74) is 6.76. The number of carboxylic acid groups (broad SMARTS) is 1. The van der Waals surface area contributed by atoms with Gasteiger partial charge in [-0.25, -0.2) is 0 Å². The Morgan fingerprint density at radius 3 is 2.50 bits per heavy atom. The molecule has 5 nitrogen and oxygen atoms in total. The van der Waals surface area contributed by atoms with E-state index in [0.717, 1.165) is 31.6 Å². The van der Waals surface area contributed by atoms with Gasteiger partial charge >= 0.3 is 5.97 Å². The molecule has 108 valence electrons. The average molecular weight is 341 g/mol. The van der Waals surface area contributed by atoms with Crippen molar-refractivity contribution >= 4 is 33.5 Å². The molecule has 0 aromatic heterocycles. The van der Waals surface area contributed by atoms with Crippen LogP contribution in [0.15, 0.2) is 22.7 Å². The summed E-state index contributed by atoms with van der Waals surface area (Å²) in [4.78, 5) is 24.1. The number of hydrogen-bond acceptors (Lipinski definition) is 3. The van der Waals surface area contributed by atoms with Crippen LogP contribution < -0.4 is 10.6 Å². The van der Waals surface area contributed by atoms with Crippen LogP contribution in [0.5, 0.6) is 0 Å². The highest BCUT2D eigenvalue weighted by molar-refractivity contribution is 9.10. The molecule has 1 heterocycles. The van der Waals surface area contributed by atoms with Gasteiger partial charge in [-0.2, -0.15) is 0 Å². The van der Waals surface area contributed by atoms with Gasteiger partial charge in [0.05, 0.1) is 5.56 Å². The second-order valence-electron chi connectivity index (χ2n) is 5.06. The van der Waals surface area contributed by atoms with Gasteiger partial charge in [0.2, 0.25) is 5.91 Å². The van der Waals surface area contributed by atoms with Crippen LogP contribution >= 0.6 is 15.9 Å². The van der Waals surface area contributed by atoms with E-state index in [-0.39, 0.29) is 12.3 Å². The molecule has 3 N–H and O–H groups in total. The molecule has 1 aromatic rings. The fraction of sp³-hybridized carbons (Fsp3) is 0.429. The molecule has 1 fully saturated rings. The molecule has 0 bridgehead atoms. The summed E-state index contributed by atoms with van der Waals surface area (Å²) < 4.78 is 0.690. The fourth-order valence-corrected chi connectivity index (χ4v) is 3.10. The average Bonchev–Trinajstić information content (AvgIpc) is 2.38. The summed E-state index contributed by atoms with van der Waals surface area (Å²) in [6.45, 7) is 1.67. The van der Waals surface area contributed by atoms with Crippen LogP contribution in [0.3, 0.4) is 0 Å². The van der Waals surface area contributed by atoms with Crippen molar-refractivity contribution in [2.24, 2.45) is 11.7 Å². The van der Waals surface area contributed by atoms with Gasteiger partial charge in [0.1, 0.15) is 0 Å². The minimum atomic E-state index is -0.725. The standard InChI is InChI=1S/C14H17BrN2O3/c15-12-8-10(1-2-11(12)14(16)20)17-5-3-9(4-6-17)7-13(18)19/h1-2,8-9H,3-7H2,(H2,16,20)(H,18,19). The minimum absolute atomic E-state index is 0.248. The van der Waals surface area contributed by atoms with Gasteiger partial charge in [-0.3, -0.25) is 9.59 Å². The molecule has 20 heavy (non-hydrogen) atoms. The molecule has 1 aliphatic rings. The van der Waals surface area contributed by atoms with Crippen molar-refractivity contribution in [2.45, 2.75) is 19.3 Å². The highest BCUT2D eigenvalue weighted by Gasteiger charge is 2.22. The summed E-state index contributed by atoms with van der Waals surface area (Å²) >= 11 is 3.35. The third-order valence-electron chi connectivity index (χ3n) is 3.66. The van der Waals surface area contributed by atoms with Crippen molar-refractivity contribution in [3.8, 4) is 0 Å². The predicted octanol–water partition coefficient (Wildman–Crippen LogP) is 2.24. The second-order valence-corrected chi connectivity index (χ2v) is 5.91. The van der Waals surface area contributed by atoms with Gasteiger partial charge in [-0.15, -0.1) is 0 Å². The summed E-state index contributed by atoms with van der Waals surface area (Å²) in [6.07, 6.45) is 2.00. The van der Waals surface area contributed by atoms with E-state index in [2.05, 4.69) is 20.8 Å². The van der Waals surface area contributed by atoms with Gasteiger partial charge in [0.15, 0.2) is 0 Å². The molecule has 1 aliphatic heterocycles. The molecule has 0 saturated carbocycles. The third kappa shape index (κ3) is 3.50. The second kappa shape index (κ2) is 6.26. The van der Waals surface area contributed by atoms with Crippen LogP contribution in [-0.2, 0) is 4.79 Å². The predicted molar refractivity (Wildman–Crippen MR) is 79.8 cm³/mol. The van der Waals surface area contributed by atoms with E-state index in [1.165, 1.54) is 0 Å². The first-order valence-electron chi connectivity index (χ1n) is 6.53. The number of carboxylic acids is 1. The van der Waals surface area contributed by atoms with Crippen molar-refractivity contribution in [1.82, 2.24) is 0 Å². The number of primary amides is 1. The van der Waals surface area contributed by atoms with Crippen LogP contribution in [0.2, 0.25) is 0 Å². The smallest absolute Gasteiger partial charge is 0.303 e. The Balaban J connectivity index is 2.02. The Morgan fingerprint density at radius 2 is 2.00 bits per heavy atom. The molecule has 0 spiro atoms. The van der Waals surface area contributed by atoms with Crippen molar-refractivity contribution in [2.75, 3.05) is 18.0 Å². The Labute approximate surface area is 125 Å². The first-order chi connectivity index (χ1) is 9.47. The first kappa shape index (κ1) is 14.8. The molecule has 1 saturated heterocycles. The summed E-state index contributed by atoms with van der Waals surface area (Å²) in [5, 5.41) is 8.80.